The first kappa shape index (κ1) is 16.0. The molecule has 0 unspecified atom stereocenters. The van der Waals surface area contributed by atoms with Gasteiger partial charge in [0.25, 0.3) is 5.69 Å². The molecule has 0 amide bonds. The van der Waals surface area contributed by atoms with Crippen molar-refractivity contribution in [3.05, 3.63) is 70.8 Å². The standard InChI is InChI=1S/C20H15NO5/c1-24-15-8-5-13(6-9-15)16-3-2-4-17(20(16)21(22)23)14-7-10-18-19(11-14)26-12-25-18/h2-11H,12H2,1H3. The highest BCUT2D eigenvalue weighted by molar-refractivity contribution is 5.86. The zero-order valence-electron chi connectivity index (χ0n) is 14.0. The molecule has 0 bridgehead atoms. The third kappa shape index (κ3) is 2.71. The van der Waals surface area contributed by atoms with Crippen LogP contribution in [0.4, 0.5) is 5.69 Å². The zero-order valence-corrected chi connectivity index (χ0v) is 14.0. The molecule has 6 nitrogen and oxygen atoms in total. The van der Waals surface area contributed by atoms with E-state index >= 15 is 0 Å². The molecule has 0 atom stereocenters. The SMILES string of the molecule is COc1ccc(-c2cccc(-c3ccc4c(c3)OCO4)c2[N+](=O)[O-])cc1. The van der Waals surface area contributed by atoms with Crippen LogP contribution in [0.5, 0.6) is 17.2 Å². The fourth-order valence-corrected chi connectivity index (χ4v) is 3.04. The Bertz CT molecular complexity index is 982. The summed E-state index contributed by atoms with van der Waals surface area (Å²) in [6, 6.07) is 17.8. The summed E-state index contributed by atoms with van der Waals surface area (Å²) >= 11 is 0. The van der Waals surface area contributed by atoms with Crippen molar-refractivity contribution < 1.29 is 19.1 Å². The van der Waals surface area contributed by atoms with Gasteiger partial charge in [-0.05, 0) is 47.5 Å². The van der Waals surface area contributed by atoms with E-state index in [1.807, 2.05) is 18.2 Å². The Kier molecular flexibility index (Phi) is 3.93. The second-order valence-corrected chi connectivity index (χ2v) is 5.76. The molecule has 1 aliphatic heterocycles. The lowest BCUT2D eigenvalue weighted by molar-refractivity contribution is -0.383. The topological polar surface area (TPSA) is 70.8 Å². The fourth-order valence-electron chi connectivity index (χ4n) is 3.04. The van der Waals surface area contributed by atoms with Gasteiger partial charge < -0.3 is 14.2 Å². The normalized spacial score (nSPS) is 12.0. The summed E-state index contributed by atoms with van der Waals surface area (Å²) in [4.78, 5) is 11.5. The molecule has 0 fully saturated rings. The van der Waals surface area contributed by atoms with Gasteiger partial charge >= 0.3 is 0 Å². The van der Waals surface area contributed by atoms with Gasteiger partial charge in [-0.25, -0.2) is 0 Å². The molecule has 3 aromatic carbocycles. The van der Waals surface area contributed by atoms with Crippen molar-refractivity contribution in [1.29, 1.82) is 0 Å². The molecule has 0 aliphatic carbocycles. The van der Waals surface area contributed by atoms with Gasteiger partial charge in [0.2, 0.25) is 6.79 Å². The number of ether oxygens (including phenoxy) is 3. The molecule has 0 saturated carbocycles. The number of hydrogen-bond acceptors (Lipinski definition) is 5. The Morgan fingerprint density at radius 1 is 0.923 bits per heavy atom. The van der Waals surface area contributed by atoms with Crippen molar-refractivity contribution in [1.82, 2.24) is 0 Å². The number of para-hydroxylation sites is 1. The predicted octanol–water partition coefficient (Wildman–Crippen LogP) is 4.67. The van der Waals surface area contributed by atoms with Crippen LogP contribution in [-0.2, 0) is 0 Å². The lowest BCUT2D eigenvalue weighted by atomic mass is 9.96. The van der Waals surface area contributed by atoms with E-state index in [1.165, 1.54) is 0 Å². The van der Waals surface area contributed by atoms with Gasteiger partial charge in [-0.2, -0.15) is 0 Å². The Morgan fingerprint density at radius 2 is 1.58 bits per heavy atom. The van der Waals surface area contributed by atoms with E-state index in [0.29, 0.717) is 33.9 Å². The number of benzene rings is 3. The van der Waals surface area contributed by atoms with Gasteiger partial charge in [-0.1, -0.05) is 24.3 Å². The van der Waals surface area contributed by atoms with Crippen LogP contribution >= 0.6 is 0 Å². The third-order valence-electron chi connectivity index (χ3n) is 4.30. The number of nitro groups is 1. The van der Waals surface area contributed by atoms with Crippen LogP contribution < -0.4 is 14.2 Å². The zero-order chi connectivity index (χ0) is 18.1. The Morgan fingerprint density at radius 3 is 2.27 bits per heavy atom. The van der Waals surface area contributed by atoms with Gasteiger partial charge in [-0.3, -0.25) is 10.1 Å². The summed E-state index contributed by atoms with van der Waals surface area (Å²) in [7, 11) is 1.58. The van der Waals surface area contributed by atoms with Crippen molar-refractivity contribution in [3.8, 4) is 39.5 Å². The molecular weight excluding hydrogens is 334 g/mol. The summed E-state index contributed by atoms with van der Waals surface area (Å²) in [6.45, 7) is 0.159. The molecule has 4 rings (SSSR count). The lowest BCUT2D eigenvalue weighted by Gasteiger charge is -2.10. The minimum atomic E-state index is -0.348. The molecule has 130 valence electrons. The summed E-state index contributed by atoms with van der Waals surface area (Å²) in [5.41, 5.74) is 2.59. The molecule has 3 aromatic rings. The van der Waals surface area contributed by atoms with Crippen molar-refractivity contribution in [3.63, 3.8) is 0 Å². The van der Waals surface area contributed by atoms with Crippen molar-refractivity contribution in [2.45, 2.75) is 0 Å². The van der Waals surface area contributed by atoms with E-state index in [9.17, 15) is 10.1 Å². The maximum Gasteiger partial charge on any atom is 0.284 e. The van der Waals surface area contributed by atoms with Crippen molar-refractivity contribution in [2.24, 2.45) is 0 Å². The summed E-state index contributed by atoms with van der Waals surface area (Å²) < 4.78 is 15.9. The van der Waals surface area contributed by atoms with Crippen LogP contribution in [0, 0.1) is 10.1 Å². The molecule has 26 heavy (non-hydrogen) atoms. The Hall–Kier alpha value is -3.54. The molecule has 0 radical (unpaired) electrons. The number of hydrogen-bond donors (Lipinski definition) is 0. The van der Waals surface area contributed by atoms with Crippen LogP contribution in [0.1, 0.15) is 0 Å². The Balaban J connectivity index is 1.86. The first-order chi connectivity index (χ1) is 12.7. The molecule has 0 spiro atoms. The number of methoxy groups -OCH3 is 1. The van der Waals surface area contributed by atoms with Crippen LogP contribution in [0.3, 0.4) is 0 Å². The van der Waals surface area contributed by atoms with Gasteiger partial charge in [0, 0.05) is 0 Å². The third-order valence-corrected chi connectivity index (χ3v) is 4.30. The largest absolute Gasteiger partial charge is 0.497 e. The average Bonchev–Trinajstić information content (AvgIpc) is 3.15. The second-order valence-electron chi connectivity index (χ2n) is 5.76. The fraction of sp³-hybridized carbons (Fsp3) is 0.100. The van der Waals surface area contributed by atoms with Crippen molar-refractivity contribution >= 4 is 5.69 Å². The van der Waals surface area contributed by atoms with Gasteiger partial charge in [0.15, 0.2) is 11.5 Å². The molecule has 1 heterocycles. The van der Waals surface area contributed by atoms with E-state index in [-0.39, 0.29) is 17.4 Å². The van der Waals surface area contributed by atoms with Gasteiger partial charge in [-0.15, -0.1) is 0 Å². The number of nitro benzene ring substituents is 1. The smallest absolute Gasteiger partial charge is 0.284 e. The highest BCUT2D eigenvalue weighted by Crippen LogP contribution is 2.42. The van der Waals surface area contributed by atoms with Crippen LogP contribution in [0.2, 0.25) is 0 Å². The minimum absolute atomic E-state index is 0.0523. The second kappa shape index (κ2) is 6.40. The van der Waals surface area contributed by atoms with E-state index in [1.54, 1.807) is 49.6 Å². The molecule has 0 aromatic heterocycles. The Labute approximate surface area is 149 Å². The van der Waals surface area contributed by atoms with Crippen LogP contribution in [-0.4, -0.2) is 18.8 Å². The summed E-state index contributed by atoms with van der Waals surface area (Å²) in [5.74, 6) is 1.93. The molecule has 1 aliphatic rings. The monoisotopic (exact) mass is 349 g/mol. The van der Waals surface area contributed by atoms with E-state index < -0.39 is 0 Å². The summed E-state index contributed by atoms with van der Waals surface area (Å²) in [6.07, 6.45) is 0. The number of rotatable bonds is 4. The van der Waals surface area contributed by atoms with Gasteiger partial charge in [0.1, 0.15) is 5.75 Å². The van der Waals surface area contributed by atoms with Crippen molar-refractivity contribution in [2.75, 3.05) is 13.9 Å². The first-order valence-corrected chi connectivity index (χ1v) is 7.99. The maximum absolute atomic E-state index is 11.9. The van der Waals surface area contributed by atoms with E-state index in [4.69, 9.17) is 14.2 Å². The molecule has 0 saturated heterocycles. The van der Waals surface area contributed by atoms with Crippen LogP contribution in [0.25, 0.3) is 22.3 Å². The molecule has 6 heteroatoms. The number of nitrogens with zero attached hydrogens (tertiary/aromatic N) is 1. The van der Waals surface area contributed by atoms with Gasteiger partial charge in [0.05, 0.1) is 23.2 Å². The highest BCUT2D eigenvalue weighted by atomic mass is 16.7. The maximum atomic E-state index is 11.9. The first-order valence-electron chi connectivity index (χ1n) is 7.99. The quantitative estimate of drug-likeness (QED) is 0.506. The number of fused-ring (bicyclic) bond motifs is 1. The highest BCUT2D eigenvalue weighted by Gasteiger charge is 2.23. The minimum Gasteiger partial charge on any atom is -0.497 e. The average molecular weight is 349 g/mol. The lowest BCUT2D eigenvalue weighted by Crippen LogP contribution is -1.96. The van der Waals surface area contributed by atoms with E-state index in [2.05, 4.69) is 0 Å². The molecule has 0 N–H and O–H groups in total. The predicted molar refractivity (Wildman–Crippen MR) is 96.6 cm³/mol. The van der Waals surface area contributed by atoms with E-state index in [0.717, 1.165) is 5.56 Å². The van der Waals surface area contributed by atoms with Crippen LogP contribution in [0.15, 0.2) is 60.7 Å². The summed E-state index contributed by atoms with van der Waals surface area (Å²) in [5, 5.41) is 11.9. The molecular formula is C20H15NO5.